The van der Waals surface area contributed by atoms with Crippen LogP contribution in [-0.4, -0.2) is 96.7 Å². The standard InChI is InChI=1S/C77H144O17P2/c1-5-9-13-17-21-25-29-33-35-39-42-46-50-54-58-62-75(80)88-68-73(94-77(82)64-60-56-52-48-44-40-36-34-30-26-22-18-14-10-6-2)70-92-96(85,86)90-66-71(78)65-89-95(83,84)91-69-72(93-76(81)63-59-55-51-47-43-38-32-28-24-20-16-12-8-4)67-87-74(79)61-57-53-49-45-41-37-31-27-23-19-15-11-7-3/h27,31,33-36,71-73,78H,5-26,28-30,32,37-70H2,1-4H3,(H,83,84)(H,85,86)/b31-27-,35-33-,36-34-/t71-,72+,73+/m0/s1. The van der Waals surface area contributed by atoms with E-state index in [1.807, 2.05) is 0 Å². The minimum atomic E-state index is -4.97. The Labute approximate surface area is 585 Å². The van der Waals surface area contributed by atoms with E-state index < -0.39 is 97.5 Å². The first kappa shape index (κ1) is 93.3. The smallest absolute Gasteiger partial charge is 0.462 e. The lowest BCUT2D eigenvalue weighted by Crippen LogP contribution is -2.30. The van der Waals surface area contributed by atoms with E-state index in [0.29, 0.717) is 25.7 Å². The zero-order valence-corrected chi connectivity index (χ0v) is 63.4. The van der Waals surface area contributed by atoms with Crippen LogP contribution in [0.3, 0.4) is 0 Å². The van der Waals surface area contributed by atoms with Crippen LogP contribution in [0.2, 0.25) is 0 Å². The maximum atomic E-state index is 13.1. The Kier molecular flexibility index (Phi) is 68.7. The Hall–Kier alpha value is -2.72. The van der Waals surface area contributed by atoms with Gasteiger partial charge >= 0.3 is 39.5 Å². The molecule has 0 aromatic carbocycles. The molecule has 0 saturated carbocycles. The highest BCUT2D eigenvalue weighted by Crippen LogP contribution is 2.45. The lowest BCUT2D eigenvalue weighted by atomic mass is 10.0. The largest absolute Gasteiger partial charge is 0.472 e. The van der Waals surface area contributed by atoms with Crippen molar-refractivity contribution in [3.05, 3.63) is 36.5 Å². The van der Waals surface area contributed by atoms with Crippen LogP contribution in [0.4, 0.5) is 0 Å². The summed E-state index contributed by atoms with van der Waals surface area (Å²) in [6.07, 6.45) is 65.5. The van der Waals surface area contributed by atoms with E-state index in [-0.39, 0.29) is 25.7 Å². The summed E-state index contributed by atoms with van der Waals surface area (Å²) in [6.45, 7) is 4.90. The predicted molar refractivity (Wildman–Crippen MR) is 391 cm³/mol. The molecule has 0 aromatic heterocycles. The van der Waals surface area contributed by atoms with Crippen LogP contribution in [0.15, 0.2) is 36.5 Å². The Morgan fingerprint density at radius 3 is 0.729 bits per heavy atom. The molecule has 0 aliphatic heterocycles. The second kappa shape index (κ2) is 70.7. The van der Waals surface area contributed by atoms with Crippen molar-refractivity contribution in [2.45, 2.75) is 393 Å². The summed E-state index contributed by atoms with van der Waals surface area (Å²) in [5.41, 5.74) is 0. The molecule has 0 aromatic rings. The number of ether oxygens (including phenoxy) is 4. The number of hydrogen-bond donors (Lipinski definition) is 3. The van der Waals surface area contributed by atoms with Gasteiger partial charge in [-0.15, -0.1) is 0 Å². The molecule has 0 fully saturated rings. The van der Waals surface area contributed by atoms with Crippen LogP contribution in [0.5, 0.6) is 0 Å². The third kappa shape index (κ3) is 69.7. The van der Waals surface area contributed by atoms with Gasteiger partial charge in [0.2, 0.25) is 0 Å². The molecular formula is C77H144O17P2. The van der Waals surface area contributed by atoms with Gasteiger partial charge in [-0.3, -0.25) is 37.3 Å². The Bertz CT molecular complexity index is 1970. The molecule has 3 N–H and O–H groups in total. The van der Waals surface area contributed by atoms with Gasteiger partial charge in [0, 0.05) is 25.7 Å². The topological polar surface area (TPSA) is 237 Å². The monoisotopic (exact) mass is 1400 g/mol. The Morgan fingerprint density at radius 2 is 0.479 bits per heavy atom. The molecular weight excluding hydrogens is 1260 g/mol. The first-order chi connectivity index (χ1) is 46.7. The fourth-order valence-electron chi connectivity index (χ4n) is 11.0. The highest BCUT2D eigenvalue weighted by Gasteiger charge is 2.30. The Balaban J connectivity index is 5.31. The molecule has 96 heavy (non-hydrogen) atoms. The fourth-order valence-corrected chi connectivity index (χ4v) is 12.6. The van der Waals surface area contributed by atoms with E-state index >= 15 is 0 Å². The summed E-state index contributed by atoms with van der Waals surface area (Å²) in [5, 5.41) is 10.6. The summed E-state index contributed by atoms with van der Waals surface area (Å²) < 4.78 is 68.5. The number of carbonyl (C=O) groups excluding carboxylic acids is 4. The molecule has 0 heterocycles. The van der Waals surface area contributed by atoms with Crippen LogP contribution >= 0.6 is 15.6 Å². The number of aliphatic hydroxyl groups excluding tert-OH is 1. The molecule has 564 valence electrons. The minimum Gasteiger partial charge on any atom is -0.462 e. The lowest BCUT2D eigenvalue weighted by Gasteiger charge is -2.21. The van der Waals surface area contributed by atoms with Crippen LogP contribution in [0, 0.1) is 0 Å². The second-order valence-corrected chi connectivity index (χ2v) is 29.6. The molecule has 17 nitrogen and oxygen atoms in total. The number of allylic oxidation sites excluding steroid dienone is 6. The molecule has 5 atom stereocenters. The maximum Gasteiger partial charge on any atom is 0.472 e. The van der Waals surface area contributed by atoms with Crippen molar-refractivity contribution in [3.63, 3.8) is 0 Å². The summed E-state index contributed by atoms with van der Waals surface area (Å²) >= 11 is 0. The van der Waals surface area contributed by atoms with E-state index in [1.54, 1.807) is 0 Å². The highest BCUT2D eigenvalue weighted by molar-refractivity contribution is 7.47. The third-order valence-electron chi connectivity index (χ3n) is 17.1. The van der Waals surface area contributed by atoms with Crippen LogP contribution < -0.4 is 0 Å². The number of unbranched alkanes of at least 4 members (excludes halogenated alkanes) is 43. The molecule has 0 rings (SSSR count). The molecule has 0 bridgehead atoms. The highest BCUT2D eigenvalue weighted by atomic mass is 31.2. The van der Waals surface area contributed by atoms with Gasteiger partial charge in [0.15, 0.2) is 12.2 Å². The van der Waals surface area contributed by atoms with E-state index in [1.165, 1.54) is 154 Å². The quantitative estimate of drug-likeness (QED) is 0.0169. The molecule has 19 heteroatoms. The number of hydrogen-bond acceptors (Lipinski definition) is 15. The summed E-state index contributed by atoms with van der Waals surface area (Å²) in [4.78, 5) is 72.8. The SMILES string of the molecule is CCCCCC/C=C\CCCCCCCC(=O)OC[C@H](COP(=O)(O)OC[C@H](O)COP(=O)(O)OC[C@@H](COC(=O)CCCCCCC/C=C\CCCCCCCC)OC(=O)CCCCCCC/C=C\CCCCCCCC)OC(=O)CCCCCCCCCCCCCCC. The number of rotatable bonds is 75. The summed E-state index contributed by atoms with van der Waals surface area (Å²) in [7, 11) is -9.93. The zero-order valence-electron chi connectivity index (χ0n) is 61.6. The summed E-state index contributed by atoms with van der Waals surface area (Å²) in [5.74, 6) is -2.16. The first-order valence-electron chi connectivity index (χ1n) is 39.2. The zero-order chi connectivity index (χ0) is 70.4. The van der Waals surface area contributed by atoms with Gasteiger partial charge in [0.05, 0.1) is 26.4 Å². The number of aliphatic hydroxyl groups is 1. The van der Waals surface area contributed by atoms with E-state index in [9.17, 15) is 43.2 Å². The molecule has 2 unspecified atom stereocenters. The normalized spacial score (nSPS) is 14.1. The molecule has 0 saturated heterocycles. The van der Waals surface area contributed by atoms with Crippen molar-refractivity contribution in [3.8, 4) is 0 Å². The molecule has 0 aliphatic carbocycles. The van der Waals surface area contributed by atoms with Crippen molar-refractivity contribution < 1.29 is 80.2 Å². The van der Waals surface area contributed by atoms with E-state index in [2.05, 4.69) is 64.2 Å². The van der Waals surface area contributed by atoms with Crippen LogP contribution in [0.25, 0.3) is 0 Å². The van der Waals surface area contributed by atoms with Gasteiger partial charge in [-0.1, -0.05) is 282 Å². The number of phosphoric acid groups is 2. The van der Waals surface area contributed by atoms with Gasteiger partial charge in [0.25, 0.3) is 0 Å². The predicted octanol–water partition coefficient (Wildman–Crippen LogP) is 22.3. The van der Waals surface area contributed by atoms with E-state index in [0.717, 1.165) is 141 Å². The molecule has 0 amide bonds. The van der Waals surface area contributed by atoms with Gasteiger partial charge in [-0.05, 0) is 103 Å². The molecule has 0 spiro atoms. The molecule has 0 radical (unpaired) electrons. The van der Waals surface area contributed by atoms with Gasteiger partial charge in [-0.25, -0.2) is 9.13 Å². The van der Waals surface area contributed by atoms with Crippen molar-refractivity contribution in [2.24, 2.45) is 0 Å². The second-order valence-electron chi connectivity index (χ2n) is 26.7. The van der Waals surface area contributed by atoms with Crippen molar-refractivity contribution >= 4 is 39.5 Å². The fraction of sp³-hybridized carbons (Fsp3) is 0.870. The van der Waals surface area contributed by atoms with Crippen LogP contribution in [-0.2, 0) is 65.4 Å². The number of carbonyl (C=O) groups is 4. The van der Waals surface area contributed by atoms with Crippen molar-refractivity contribution in [1.82, 2.24) is 0 Å². The van der Waals surface area contributed by atoms with Crippen LogP contribution in [0.1, 0.15) is 374 Å². The van der Waals surface area contributed by atoms with Crippen molar-refractivity contribution in [1.29, 1.82) is 0 Å². The first-order valence-corrected chi connectivity index (χ1v) is 42.2. The molecule has 0 aliphatic rings. The maximum absolute atomic E-state index is 13.1. The van der Waals surface area contributed by atoms with Gasteiger partial charge in [-0.2, -0.15) is 0 Å². The summed E-state index contributed by atoms with van der Waals surface area (Å²) in [6, 6.07) is 0. The average Bonchev–Trinajstić information content (AvgIpc) is 1.17. The number of phosphoric ester groups is 2. The van der Waals surface area contributed by atoms with Gasteiger partial charge in [0.1, 0.15) is 19.3 Å². The Morgan fingerprint density at radius 1 is 0.281 bits per heavy atom. The minimum absolute atomic E-state index is 0.0897. The van der Waals surface area contributed by atoms with Gasteiger partial charge < -0.3 is 33.8 Å². The third-order valence-corrected chi connectivity index (χ3v) is 19.0. The van der Waals surface area contributed by atoms with E-state index in [4.69, 9.17) is 37.0 Å². The average molecular weight is 1400 g/mol. The van der Waals surface area contributed by atoms with Crippen molar-refractivity contribution in [2.75, 3.05) is 39.6 Å². The lowest BCUT2D eigenvalue weighted by molar-refractivity contribution is -0.161. The number of esters is 4.